The average molecular weight is 179 g/mol. The maximum atomic E-state index is 8.12. The molecule has 1 nitrogen and oxygen atoms in total. The summed E-state index contributed by atoms with van der Waals surface area (Å²) in [6, 6.07) is 0. The Morgan fingerprint density at radius 3 is 1.25 bits per heavy atom. The molecule has 0 heterocycles. The average Bonchev–Trinajstić information content (AvgIpc) is 1.00. The standard InChI is InChI=1S/Co.2Cr.O. The molecular weight excluding hydrogens is 179 g/mol. The van der Waals surface area contributed by atoms with Crippen molar-refractivity contribution < 1.29 is 54.2 Å². The van der Waals surface area contributed by atoms with Gasteiger partial charge in [0.2, 0.25) is 0 Å². The van der Waals surface area contributed by atoms with E-state index in [0.29, 0.717) is 0 Å². The second-order valence-corrected chi connectivity index (χ2v) is 0. The van der Waals surface area contributed by atoms with Gasteiger partial charge in [0.05, 0.1) is 0 Å². The van der Waals surface area contributed by atoms with Gasteiger partial charge in [-0.25, -0.2) is 0 Å². The number of hydrogen-bond acceptors (Lipinski definition) is 1. The van der Waals surface area contributed by atoms with Crippen molar-refractivity contribution in [1.29, 1.82) is 0 Å². The predicted molar refractivity (Wildman–Crippen MR) is 0.686 cm³/mol. The van der Waals surface area contributed by atoms with Crippen molar-refractivity contribution >= 4 is 0 Å². The van der Waals surface area contributed by atoms with Gasteiger partial charge in [0, 0.05) is 34.1 Å². The van der Waals surface area contributed by atoms with Gasteiger partial charge in [-0.3, -0.25) is 0 Å². The molecule has 0 aliphatic rings. The molecule has 0 rings (SSSR count). The molecule has 0 unspecified atom stereocenters. The Hall–Kier alpha value is 1.37. The summed E-state index contributed by atoms with van der Waals surface area (Å²) >= 11 is 1.38. The van der Waals surface area contributed by atoms with E-state index in [0.717, 1.165) is 0 Å². The van der Waals surface area contributed by atoms with Gasteiger partial charge in [-0.05, 0) is 0 Å². The summed E-state index contributed by atoms with van der Waals surface area (Å²) in [5.41, 5.74) is 0. The SMILES string of the molecule is [Co].[Cr].[O]=[Cr]. The van der Waals surface area contributed by atoms with Crippen LogP contribution in [0.4, 0.5) is 0 Å². The number of rotatable bonds is 0. The van der Waals surface area contributed by atoms with Gasteiger partial charge in [0.15, 0.2) is 0 Å². The van der Waals surface area contributed by atoms with Gasteiger partial charge in [0.25, 0.3) is 0 Å². The third-order valence-electron chi connectivity index (χ3n) is 0. The molecule has 0 bridgehead atoms. The molecule has 0 saturated heterocycles. The monoisotopic (exact) mass is 179 g/mol. The van der Waals surface area contributed by atoms with Crippen molar-refractivity contribution in [2.75, 3.05) is 0 Å². The molecule has 27 valence electrons. The Morgan fingerprint density at radius 1 is 1.25 bits per heavy atom. The second-order valence-electron chi connectivity index (χ2n) is 0. The van der Waals surface area contributed by atoms with Crippen molar-refractivity contribution in [3.05, 3.63) is 0 Å². The van der Waals surface area contributed by atoms with E-state index in [2.05, 4.69) is 0 Å². The molecule has 0 aromatic heterocycles. The quantitative estimate of drug-likeness (QED) is 0.506. The Labute approximate surface area is 54.1 Å². The Kier molecular flexibility index (Phi) is 121. The van der Waals surface area contributed by atoms with Gasteiger partial charge in [0.1, 0.15) is 0 Å². The van der Waals surface area contributed by atoms with Crippen molar-refractivity contribution in [2.45, 2.75) is 0 Å². The number of hydrogen-bond donors (Lipinski definition) is 0. The molecule has 0 aromatic carbocycles. The van der Waals surface area contributed by atoms with Crippen molar-refractivity contribution in [3.63, 3.8) is 0 Å². The second kappa shape index (κ2) is 26.4. The van der Waals surface area contributed by atoms with Gasteiger partial charge in [-0.15, -0.1) is 0 Å². The third-order valence-corrected chi connectivity index (χ3v) is 0. The maximum absolute atomic E-state index is 8.12. The van der Waals surface area contributed by atoms with Crippen LogP contribution in [0.5, 0.6) is 0 Å². The van der Waals surface area contributed by atoms with Crippen LogP contribution in [-0.4, -0.2) is 0 Å². The van der Waals surface area contributed by atoms with E-state index >= 15 is 0 Å². The fourth-order valence-electron chi connectivity index (χ4n) is 0. The molecule has 0 atom stereocenters. The summed E-state index contributed by atoms with van der Waals surface area (Å²) in [5, 5.41) is 0. The molecule has 0 aliphatic heterocycles. The fourth-order valence-corrected chi connectivity index (χ4v) is 0. The molecule has 0 aliphatic carbocycles. The topological polar surface area (TPSA) is 17.1 Å². The van der Waals surface area contributed by atoms with Crippen molar-refractivity contribution in [3.8, 4) is 0 Å². The van der Waals surface area contributed by atoms with Crippen LogP contribution in [0, 0.1) is 0 Å². The van der Waals surface area contributed by atoms with E-state index in [9.17, 15) is 0 Å². The summed E-state index contributed by atoms with van der Waals surface area (Å²) in [6.07, 6.45) is 0. The van der Waals surface area contributed by atoms with Crippen LogP contribution in [-0.2, 0) is 54.2 Å². The first-order valence-corrected chi connectivity index (χ1v) is 0.687. The Bertz CT molecular complexity index is 6.00. The van der Waals surface area contributed by atoms with Gasteiger partial charge in [-0.1, -0.05) is 0 Å². The van der Waals surface area contributed by atoms with Crippen LogP contribution < -0.4 is 0 Å². The first-order valence-electron chi connectivity index (χ1n) is 0.167. The van der Waals surface area contributed by atoms with Crippen LogP contribution >= 0.6 is 0 Å². The summed E-state index contributed by atoms with van der Waals surface area (Å²) in [7, 11) is 0. The summed E-state index contributed by atoms with van der Waals surface area (Å²) < 4.78 is 8.12. The van der Waals surface area contributed by atoms with Crippen LogP contribution in [0.25, 0.3) is 0 Å². The predicted octanol–water partition coefficient (Wildman–Crippen LogP) is -0.126. The van der Waals surface area contributed by atoms with Gasteiger partial charge >= 0.3 is 20.0 Å². The Morgan fingerprint density at radius 2 is 1.25 bits per heavy atom. The normalized spacial score (nSPS) is 1.00. The van der Waals surface area contributed by atoms with E-state index in [1.165, 1.54) is 16.2 Å². The molecule has 4 heavy (non-hydrogen) atoms. The summed E-state index contributed by atoms with van der Waals surface area (Å²) in [6.45, 7) is 0. The third kappa shape index (κ3) is 10.1. The first-order chi connectivity index (χ1) is 1.00. The van der Waals surface area contributed by atoms with E-state index in [4.69, 9.17) is 3.80 Å². The minimum absolute atomic E-state index is 0. The van der Waals surface area contributed by atoms with Gasteiger partial charge < -0.3 is 0 Å². The van der Waals surface area contributed by atoms with E-state index in [1.54, 1.807) is 0 Å². The molecule has 0 amide bonds. The van der Waals surface area contributed by atoms with Crippen LogP contribution in [0.15, 0.2) is 0 Å². The molecule has 4 heteroatoms. The molecule has 0 N–H and O–H groups in total. The van der Waals surface area contributed by atoms with E-state index in [1.807, 2.05) is 0 Å². The van der Waals surface area contributed by atoms with Crippen molar-refractivity contribution in [2.24, 2.45) is 0 Å². The zero-order valence-electron chi connectivity index (χ0n) is 1.56. The van der Waals surface area contributed by atoms with Crippen molar-refractivity contribution in [1.82, 2.24) is 0 Å². The first kappa shape index (κ1) is 18.3. The summed E-state index contributed by atoms with van der Waals surface area (Å²) in [5.74, 6) is 0. The van der Waals surface area contributed by atoms with Crippen LogP contribution in [0.1, 0.15) is 0 Å². The molecule has 1 radical (unpaired) electrons. The van der Waals surface area contributed by atoms with Gasteiger partial charge in [-0.2, -0.15) is 0 Å². The van der Waals surface area contributed by atoms with E-state index in [-0.39, 0.29) is 34.1 Å². The van der Waals surface area contributed by atoms with Crippen LogP contribution in [0.3, 0.4) is 0 Å². The summed E-state index contributed by atoms with van der Waals surface area (Å²) in [4.78, 5) is 0. The molecule has 0 spiro atoms. The molecule has 0 fully saturated rings. The fraction of sp³-hybridized carbons (Fsp3) is 0. The Balaban J connectivity index is -0.00000000500. The molecule has 0 saturated carbocycles. The zero-order chi connectivity index (χ0) is 2.00. The minimum atomic E-state index is 0. The zero-order valence-corrected chi connectivity index (χ0v) is 5.15. The van der Waals surface area contributed by atoms with E-state index < -0.39 is 0 Å². The van der Waals surface area contributed by atoms with Crippen LogP contribution in [0.2, 0.25) is 0 Å². The molecular formula is CoCr2O. The molecule has 0 aromatic rings.